The van der Waals surface area contributed by atoms with Crippen molar-refractivity contribution in [2.75, 3.05) is 33.3 Å². The van der Waals surface area contributed by atoms with E-state index in [2.05, 4.69) is 14.6 Å². The molecule has 2 saturated heterocycles. The van der Waals surface area contributed by atoms with E-state index in [4.69, 9.17) is 30.5 Å². The molecule has 0 spiro atoms. The molecule has 17 heteroatoms. The lowest BCUT2D eigenvalue weighted by Gasteiger charge is -2.25. The van der Waals surface area contributed by atoms with Crippen molar-refractivity contribution in [3.05, 3.63) is 92.5 Å². The highest BCUT2D eigenvalue weighted by Gasteiger charge is 2.45. The number of nitrogens with one attached hydrogen (secondary N) is 1. The minimum atomic E-state index is -4.72. The van der Waals surface area contributed by atoms with Crippen molar-refractivity contribution in [1.82, 2.24) is 24.5 Å². The van der Waals surface area contributed by atoms with Crippen LogP contribution in [-0.4, -0.2) is 83.8 Å². The van der Waals surface area contributed by atoms with Crippen LogP contribution in [0, 0.1) is 12.8 Å². The molecule has 10 rings (SSSR count). The fraction of sp³-hybridized carbons (Fsp3) is 0.457. The summed E-state index contributed by atoms with van der Waals surface area (Å²) >= 11 is 6.75. The Morgan fingerprint density at radius 2 is 1.70 bits per heavy atom. The van der Waals surface area contributed by atoms with Crippen molar-refractivity contribution in [3.8, 4) is 34.3 Å². The molecule has 0 bridgehead atoms. The van der Waals surface area contributed by atoms with Crippen molar-refractivity contribution in [2.45, 2.75) is 94.5 Å². The quantitative estimate of drug-likeness (QED) is 0.133. The number of fused-ring (bicyclic) bond motifs is 3. The van der Waals surface area contributed by atoms with E-state index in [1.54, 1.807) is 19.2 Å². The van der Waals surface area contributed by atoms with Crippen molar-refractivity contribution < 1.29 is 45.4 Å². The van der Waals surface area contributed by atoms with Gasteiger partial charge in [0.15, 0.2) is 5.58 Å². The molecule has 3 aliphatic carbocycles. The zero-order chi connectivity index (χ0) is 43.9. The first-order chi connectivity index (χ1) is 30.2. The Balaban J connectivity index is 0.920. The highest BCUT2D eigenvalue weighted by molar-refractivity contribution is 7.90. The molecular weight excluding hydrogens is 859 g/mol. The lowest BCUT2D eigenvalue weighted by Crippen LogP contribution is -2.38. The van der Waals surface area contributed by atoms with Gasteiger partial charge in [-0.05, 0) is 122 Å². The molecule has 5 aromatic rings. The number of alkyl halides is 3. The standard InChI is InChI=1S/C46H47ClF3N5O7S/c1-24-29(31-7-4-8-33-32(31)12-14-39(33)61-45-36(47)19-26(43(52-45)60-2)21-54-17-16-27(56)23-54)5-3-6-30(24)44-51-37-20-35-34(40(41(37)62-44)46(48,49)50)11-13-38(35)55-18-15-25(22-55)42(57)53-63(58,59)28-9-10-28/h3-8,19-20,25,27-28,38-39,56H,9-18,21-23H2,1-2H3,(H,53,57)/t25-,27-,38-,39+/m1/s1. The number of likely N-dealkylation sites (tertiary alicyclic amines) is 2. The van der Waals surface area contributed by atoms with Crippen LogP contribution in [0.3, 0.4) is 0 Å². The molecule has 5 aliphatic rings. The summed E-state index contributed by atoms with van der Waals surface area (Å²) in [7, 11) is -2.15. The molecule has 3 aromatic carbocycles. The van der Waals surface area contributed by atoms with E-state index in [0.717, 1.165) is 39.9 Å². The van der Waals surface area contributed by atoms with Crippen LogP contribution in [0.1, 0.15) is 89.6 Å². The number of aliphatic hydroxyl groups is 1. The summed E-state index contributed by atoms with van der Waals surface area (Å²) in [5.74, 6) is -0.377. The zero-order valence-corrected chi connectivity index (χ0v) is 36.4. The number of sulfonamides is 1. The Labute approximate surface area is 367 Å². The number of oxazole rings is 1. The molecule has 4 heterocycles. The number of pyridine rings is 1. The Bertz CT molecular complexity index is 2760. The number of aromatic nitrogens is 2. The molecule has 332 valence electrons. The predicted molar refractivity (Wildman–Crippen MR) is 229 cm³/mol. The number of rotatable bonds is 11. The Morgan fingerprint density at radius 3 is 2.44 bits per heavy atom. The van der Waals surface area contributed by atoms with Crippen LogP contribution in [0.25, 0.3) is 33.7 Å². The SMILES string of the molecule is COc1nc(O[C@H]2CCc3c(-c4cccc(-c5nc6cc7c(c(C(F)(F)F)c6o5)CC[C@H]7N5CC[C@@H](C(=O)NS(=O)(=O)C6CC6)C5)c4C)cccc32)c(Cl)cc1CN1CC[C@@H](O)C1. The molecular formula is C46H47ClF3N5O7S. The normalized spacial score (nSPS) is 22.8. The van der Waals surface area contributed by atoms with Gasteiger partial charge in [0.2, 0.25) is 33.6 Å². The van der Waals surface area contributed by atoms with Gasteiger partial charge in [-0.2, -0.15) is 18.2 Å². The van der Waals surface area contributed by atoms with E-state index in [-0.39, 0.29) is 59.6 Å². The van der Waals surface area contributed by atoms with E-state index >= 15 is 13.2 Å². The minimum absolute atomic E-state index is 0.0812. The average molecular weight is 906 g/mol. The number of aliphatic hydroxyl groups excluding tert-OH is 1. The van der Waals surface area contributed by atoms with Crippen molar-refractivity contribution in [1.29, 1.82) is 0 Å². The second-order valence-corrected chi connectivity index (χ2v) is 19.9. The van der Waals surface area contributed by atoms with Crippen LogP contribution in [-0.2, 0) is 40.4 Å². The third kappa shape index (κ3) is 7.85. The molecule has 2 aromatic heterocycles. The van der Waals surface area contributed by atoms with E-state index in [9.17, 15) is 18.3 Å². The first kappa shape index (κ1) is 42.2. The average Bonchev–Trinajstić information content (AvgIpc) is 3.64. The number of methoxy groups -OCH3 is 1. The second kappa shape index (κ2) is 16.1. The number of halogens is 4. The topological polar surface area (TPSA) is 147 Å². The molecule has 4 atom stereocenters. The fourth-order valence-electron chi connectivity index (χ4n) is 10.2. The van der Waals surface area contributed by atoms with Crippen LogP contribution in [0.4, 0.5) is 13.2 Å². The molecule has 63 heavy (non-hydrogen) atoms. The number of benzene rings is 3. The molecule has 1 amide bonds. The third-order valence-corrected chi connectivity index (χ3v) is 15.6. The lowest BCUT2D eigenvalue weighted by atomic mass is 9.91. The maximum absolute atomic E-state index is 15.1. The van der Waals surface area contributed by atoms with Gasteiger partial charge in [0, 0.05) is 43.3 Å². The number of hydrogen-bond acceptors (Lipinski definition) is 11. The van der Waals surface area contributed by atoms with Crippen molar-refractivity contribution in [3.63, 3.8) is 0 Å². The second-order valence-electron chi connectivity index (χ2n) is 17.5. The Kier molecular flexibility index (Phi) is 10.8. The number of ether oxygens (including phenoxy) is 2. The monoisotopic (exact) mass is 905 g/mol. The number of carbonyl (C=O) groups excluding carboxylic acids is 1. The van der Waals surface area contributed by atoms with Gasteiger partial charge in [-0.3, -0.25) is 19.3 Å². The predicted octanol–water partition coefficient (Wildman–Crippen LogP) is 8.10. The molecule has 0 radical (unpaired) electrons. The maximum Gasteiger partial charge on any atom is 0.420 e. The summed E-state index contributed by atoms with van der Waals surface area (Å²) in [6.07, 6.45) is -1.24. The van der Waals surface area contributed by atoms with E-state index < -0.39 is 38.8 Å². The fourth-order valence-corrected chi connectivity index (χ4v) is 11.8. The van der Waals surface area contributed by atoms with Crippen molar-refractivity contribution in [2.24, 2.45) is 5.92 Å². The lowest BCUT2D eigenvalue weighted by molar-refractivity contribution is -0.137. The number of hydrogen-bond donors (Lipinski definition) is 2. The van der Waals surface area contributed by atoms with Crippen molar-refractivity contribution >= 4 is 38.6 Å². The summed E-state index contributed by atoms with van der Waals surface area (Å²) in [4.78, 5) is 26.4. The van der Waals surface area contributed by atoms with Gasteiger partial charge in [-0.1, -0.05) is 41.9 Å². The molecule has 3 fully saturated rings. The van der Waals surface area contributed by atoms with Crippen LogP contribution >= 0.6 is 11.6 Å². The largest absolute Gasteiger partial charge is 0.481 e. The number of amides is 1. The van der Waals surface area contributed by atoms with Gasteiger partial charge < -0.3 is 19.0 Å². The Hall–Kier alpha value is -4.74. The van der Waals surface area contributed by atoms with Gasteiger partial charge in [0.25, 0.3) is 0 Å². The van der Waals surface area contributed by atoms with Gasteiger partial charge in [0.1, 0.15) is 22.2 Å². The zero-order valence-electron chi connectivity index (χ0n) is 34.8. The van der Waals surface area contributed by atoms with Gasteiger partial charge in [-0.25, -0.2) is 13.4 Å². The van der Waals surface area contributed by atoms with Crippen LogP contribution < -0.4 is 14.2 Å². The Morgan fingerprint density at radius 1 is 0.937 bits per heavy atom. The van der Waals surface area contributed by atoms with Crippen LogP contribution in [0.15, 0.2) is 52.9 Å². The number of β-amino-alcohol motifs (C(OH)–C–C–N with tert-alkyl or cyclic N) is 1. The van der Waals surface area contributed by atoms with Crippen LogP contribution in [0.5, 0.6) is 11.8 Å². The molecule has 12 nitrogen and oxygen atoms in total. The van der Waals surface area contributed by atoms with E-state index in [1.165, 1.54) is 0 Å². The molecule has 0 unspecified atom stereocenters. The van der Waals surface area contributed by atoms with Gasteiger partial charge in [0.05, 0.1) is 24.4 Å². The summed E-state index contributed by atoms with van der Waals surface area (Å²) in [5, 5.41) is 9.82. The summed E-state index contributed by atoms with van der Waals surface area (Å²) in [6, 6.07) is 14.8. The smallest absolute Gasteiger partial charge is 0.420 e. The van der Waals surface area contributed by atoms with Gasteiger partial charge in [-0.15, -0.1) is 0 Å². The highest BCUT2D eigenvalue weighted by Crippen LogP contribution is 2.49. The summed E-state index contributed by atoms with van der Waals surface area (Å²) in [6.45, 7) is 4.50. The summed E-state index contributed by atoms with van der Waals surface area (Å²) in [5.41, 5.74) is 5.74. The van der Waals surface area contributed by atoms with Crippen LogP contribution in [0.2, 0.25) is 5.02 Å². The van der Waals surface area contributed by atoms with E-state index in [1.807, 2.05) is 48.2 Å². The van der Waals surface area contributed by atoms with E-state index in [0.29, 0.717) is 86.6 Å². The first-order valence-corrected chi connectivity index (χ1v) is 23.4. The molecule has 2 N–H and O–H groups in total. The molecule has 2 aliphatic heterocycles. The molecule has 1 saturated carbocycles. The van der Waals surface area contributed by atoms with Gasteiger partial charge >= 0.3 is 6.18 Å². The maximum atomic E-state index is 15.1. The first-order valence-electron chi connectivity index (χ1n) is 21.5. The number of carbonyl (C=O) groups is 1. The number of nitrogens with zero attached hydrogens (tertiary/aromatic N) is 4. The minimum Gasteiger partial charge on any atom is -0.481 e. The third-order valence-electron chi connectivity index (χ3n) is 13.5. The highest BCUT2D eigenvalue weighted by atomic mass is 35.5. The summed E-state index contributed by atoms with van der Waals surface area (Å²) < 4.78 is 90.5.